The van der Waals surface area contributed by atoms with Gasteiger partial charge in [0.05, 0.1) is 24.7 Å². The van der Waals surface area contributed by atoms with E-state index in [0.29, 0.717) is 62.1 Å². The second kappa shape index (κ2) is 14.5. The minimum Gasteiger partial charge on any atom is -0.497 e. The second-order valence-corrected chi connectivity index (χ2v) is 14.6. The van der Waals surface area contributed by atoms with Crippen molar-refractivity contribution < 1.29 is 27.9 Å². The van der Waals surface area contributed by atoms with Crippen LogP contribution in [-0.2, 0) is 54.5 Å². The number of nitrogens with zero attached hydrogens (tertiary/aromatic N) is 4. The van der Waals surface area contributed by atoms with E-state index in [9.17, 15) is 23.6 Å². The highest BCUT2D eigenvalue weighted by atomic mass is 32.2. The molecule has 1 unspecified atom stereocenters. The van der Waals surface area contributed by atoms with E-state index in [4.69, 9.17) is 9.47 Å². The molecule has 3 aromatic carbocycles. The van der Waals surface area contributed by atoms with Gasteiger partial charge in [-0.1, -0.05) is 42.5 Å². The molecule has 0 radical (unpaired) electrons. The molecule has 0 spiro atoms. The Kier molecular flexibility index (Phi) is 10.2. The zero-order chi connectivity index (χ0) is 34.6. The van der Waals surface area contributed by atoms with Crippen molar-refractivity contribution in [1.82, 2.24) is 14.1 Å². The summed E-state index contributed by atoms with van der Waals surface area (Å²) < 4.78 is 41.4. The Morgan fingerprint density at radius 3 is 2.22 bits per heavy atom. The van der Waals surface area contributed by atoms with Crippen molar-refractivity contribution in [2.75, 3.05) is 14.2 Å². The van der Waals surface area contributed by atoms with Crippen molar-refractivity contribution in [1.29, 1.82) is 0 Å². The van der Waals surface area contributed by atoms with Crippen molar-refractivity contribution in [2.24, 2.45) is 0 Å². The normalized spacial score (nSPS) is 17.1. The van der Waals surface area contributed by atoms with Gasteiger partial charge in [-0.2, -0.15) is 9.40 Å². The number of sulfonamides is 1. The first kappa shape index (κ1) is 34.3. The molecule has 1 aromatic heterocycles. The van der Waals surface area contributed by atoms with E-state index in [1.807, 2.05) is 36.4 Å². The van der Waals surface area contributed by atoms with E-state index in [-0.39, 0.29) is 28.7 Å². The van der Waals surface area contributed by atoms with E-state index >= 15 is 0 Å². The molecule has 0 bridgehead atoms. The summed E-state index contributed by atoms with van der Waals surface area (Å²) in [5.74, 6) is 1.38. The number of rotatable bonds is 15. The smallest absolute Gasteiger partial charge is 0.279 e. The van der Waals surface area contributed by atoms with Gasteiger partial charge >= 0.3 is 0 Å². The lowest BCUT2D eigenvalue weighted by Gasteiger charge is -2.23. The lowest BCUT2D eigenvalue weighted by Crippen LogP contribution is -2.30. The first-order valence-corrected chi connectivity index (χ1v) is 18.0. The number of nitro groups is 1. The number of aliphatic hydroxyl groups is 1. The maximum atomic E-state index is 13.9. The van der Waals surface area contributed by atoms with Gasteiger partial charge in [0.2, 0.25) is 0 Å². The summed E-state index contributed by atoms with van der Waals surface area (Å²) in [7, 11) is -0.783. The number of nitro benzene ring substituents is 1. The molecule has 0 saturated carbocycles. The molecule has 1 atom stereocenters. The van der Waals surface area contributed by atoms with E-state index in [2.05, 4.69) is 11.2 Å². The summed E-state index contributed by atoms with van der Waals surface area (Å²) in [6.07, 6.45) is 10.8. The number of ether oxygens (including phenoxy) is 2. The number of benzene rings is 3. The fourth-order valence-corrected chi connectivity index (χ4v) is 8.31. The summed E-state index contributed by atoms with van der Waals surface area (Å²) in [5.41, 5.74) is 3.75. The van der Waals surface area contributed by atoms with Gasteiger partial charge in [-0.3, -0.25) is 14.8 Å². The Balaban J connectivity index is 1.09. The first-order valence-electron chi connectivity index (χ1n) is 16.6. The van der Waals surface area contributed by atoms with Gasteiger partial charge in [-0.15, -0.1) is 0 Å². The molecule has 0 amide bonds. The quantitative estimate of drug-likeness (QED) is 0.0671. The van der Waals surface area contributed by atoms with E-state index in [1.54, 1.807) is 49.4 Å². The van der Waals surface area contributed by atoms with Crippen molar-refractivity contribution in [3.8, 4) is 11.5 Å². The van der Waals surface area contributed by atoms with Crippen LogP contribution in [0.1, 0.15) is 65.5 Å². The Hall–Kier alpha value is -4.52. The summed E-state index contributed by atoms with van der Waals surface area (Å²) in [4.78, 5) is 11.8. The molecule has 258 valence electrons. The van der Waals surface area contributed by atoms with Crippen molar-refractivity contribution in [3.63, 3.8) is 0 Å². The Morgan fingerprint density at radius 2 is 1.61 bits per heavy atom. The number of allylic oxidation sites excluding steroid dienone is 1. The molecular weight excluding hydrogens is 644 g/mol. The summed E-state index contributed by atoms with van der Waals surface area (Å²) >= 11 is 0. The zero-order valence-electron chi connectivity index (χ0n) is 27.9. The van der Waals surface area contributed by atoms with Crippen LogP contribution in [-0.4, -0.2) is 46.8 Å². The van der Waals surface area contributed by atoms with Gasteiger partial charge < -0.3 is 14.6 Å². The van der Waals surface area contributed by atoms with E-state index in [1.165, 1.54) is 10.4 Å². The molecule has 0 saturated heterocycles. The lowest BCUT2D eigenvalue weighted by atomic mass is 9.88. The number of unbranched alkanes of at least 4 members (excludes halogenated alkanes) is 1. The topological polar surface area (TPSA) is 137 Å². The molecule has 1 N–H and O–H groups in total. The number of methoxy groups -OCH3 is 2. The summed E-state index contributed by atoms with van der Waals surface area (Å²) in [6.45, 7) is 0.804. The predicted molar refractivity (Wildman–Crippen MR) is 185 cm³/mol. The molecule has 11 nitrogen and oxygen atoms in total. The highest BCUT2D eigenvalue weighted by molar-refractivity contribution is 7.89. The fraction of sp³-hybridized carbons (Fsp3) is 0.378. The number of aromatic nitrogens is 2. The Bertz CT molecular complexity index is 1890. The first-order chi connectivity index (χ1) is 23.6. The van der Waals surface area contributed by atoms with Gasteiger partial charge in [-0.25, -0.2) is 8.42 Å². The minimum absolute atomic E-state index is 0.0275. The van der Waals surface area contributed by atoms with Crippen LogP contribution in [0.25, 0.3) is 0 Å². The highest BCUT2D eigenvalue weighted by Crippen LogP contribution is 2.48. The highest BCUT2D eigenvalue weighted by Gasteiger charge is 2.44. The van der Waals surface area contributed by atoms with Gasteiger partial charge in [0.1, 0.15) is 17.1 Å². The lowest BCUT2D eigenvalue weighted by molar-refractivity contribution is -0.387. The third-order valence-corrected chi connectivity index (χ3v) is 11.2. The van der Waals surface area contributed by atoms with Crippen LogP contribution in [0.2, 0.25) is 0 Å². The minimum atomic E-state index is -3.95. The molecule has 4 aromatic rings. The fourth-order valence-electron chi connectivity index (χ4n) is 6.97. The maximum absolute atomic E-state index is 13.9. The van der Waals surface area contributed by atoms with Crippen LogP contribution in [0.3, 0.4) is 0 Å². The number of hydrogen-bond acceptors (Lipinski definition) is 8. The van der Waals surface area contributed by atoms with Crippen LogP contribution >= 0.6 is 0 Å². The van der Waals surface area contributed by atoms with Gasteiger partial charge in [0, 0.05) is 31.4 Å². The van der Waals surface area contributed by atoms with Gasteiger partial charge in [0.15, 0.2) is 5.03 Å². The molecule has 0 aliphatic heterocycles. The maximum Gasteiger partial charge on any atom is 0.279 e. The van der Waals surface area contributed by atoms with Crippen LogP contribution in [0.4, 0.5) is 5.69 Å². The van der Waals surface area contributed by atoms with Crippen LogP contribution in [0, 0.1) is 10.1 Å². The van der Waals surface area contributed by atoms with E-state index in [0.717, 1.165) is 40.7 Å². The Labute approximate surface area is 287 Å². The average Bonchev–Trinajstić information content (AvgIpc) is 3.85. The zero-order valence-corrected chi connectivity index (χ0v) is 28.7. The Morgan fingerprint density at radius 1 is 0.959 bits per heavy atom. The molecule has 0 fully saturated rings. The van der Waals surface area contributed by atoms with Gasteiger partial charge in [-0.05, 0) is 104 Å². The number of aryl methyl sites for hydroxylation is 3. The third kappa shape index (κ3) is 7.41. The third-order valence-electron chi connectivity index (χ3n) is 9.55. The summed E-state index contributed by atoms with van der Waals surface area (Å²) in [5, 5.41) is 28.0. The van der Waals surface area contributed by atoms with Crippen LogP contribution < -0.4 is 9.47 Å². The molecular formula is C37H42N4O7S. The van der Waals surface area contributed by atoms with Crippen LogP contribution in [0.15, 0.2) is 84.0 Å². The molecule has 2 aliphatic carbocycles. The SMILES string of the molecule is COc1ccc(CN(Cc2ccc(OC)cc2)S(=O)(=O)c2ccn(CCCC=CCC3(O)CCc4cc5c(c([N+](=O)[O-])c43)CCC5)n2)cc1. The monoisotopic (exact) mass is 686 g/mol. The second-order valence-electron chi connectivity index (χ2n) is 12.7. The van der Waals surface area contributed by atoms with Crippen molar-refractivity contribution >= 4 is 15.7 Å². The largest absolute Gasteiger partial charge is 0.497 e. The van der Waals surface area contributed by atoms with Gasteiger partial charge in [0.25, 0.3) is 15.7 Å². The van der Waals surface area contributed by atoms with E-state index < -0.39 is 15.6 Å². The van der Waals surface area contributed by atoms with Crippen molar-refractivity contribution in [3.05, 3.63) is 123 Å². The molecule has 2 aliphatic rings. The standard InChI is InChI=1S/C37H42N4O7S/c1-47-31-14-10-27(11-15-31)25-40(26-28-12-16-32(48-2)17-13-28)49(45,46)34-19-23-39(38-34)22-6-4-3-5-20-37(42)21-18-30-24-29-8-7-9-33(29)36(35(30)37)41(43)44/h3,5,10-17,19,23-24,42H,4,6-9,18,20-22,25-26H2,1-2H3. The summed E-state index contributed by atoms with van der Waals surface area (Å²) in [6, 6.07) is 18.2. The number of fused-ring (bicyclic) bond motifs is 2. The molecule has 6 rings (SSSR count). The molecule has 12 heteroatoms. The molecule has 1 heterocycles. The number of hydrogen-bond donors (Lipinski definition) is 1. The molecule has 49 heavy (non-hydrogen) atoms. The van der Waals surface area contributed by atoms with Crippen LogP contribution in [0.5, 0.6) is 11.5 Å². The predicted octanol–water partition coefficient (Wildman–Crippen LogP) is 6.25. The average molecular weight is 687 g/mol. The van der Waals surface area contributed by atoms with Crippen molar-refractivity contribution in [2.45, 2.75) is 81.6 Å².